The molecule has 0 aliphatic heterocycles. The number of nitrogens with zero attached hydrogens (tertiary/aromatic N) is 1. The standard InChI is InChI=1S/C18H27N7O8/c19-10(5-9-6-21-8-23-9)16(31)24-12(2-4-14(27)28)18(33)25-11(1-3-13(20)26)17(32)22-7-15(29)30/h6,8,10-12H,1-5,7,19H2,(H2,20,26)(H,21,23)(H,22,32)(H,24,31)(H,25,33)(H,27,28)(H,29,30). The van der Waals surface area contributed by atoms with Gasteiger partial charge >= 0.3 is 11.9 Å². The van der Waals surface area contributed by atoms with Gasteiger partial charge in [0, 0.05) is 31.2 Å². The number of hydrogen-bond acceptors (Lipinski definition) is 8. The predicted octanol–water partition coefficient (Wildman–Crippen LogP) is -3.42. The van der Waals surface area contributed by atoms with E-state index < -0.39 is 66.7 Å². The lowest BCUT2D eigenvalue weighted by atomic mass is 10.1. The van der Waals surface area contributed by atoms with Gasteiger partial charge in [-0.25, -0.2) is 4.98 Å². The number of carboxylic acid groups (broad SMARTS) is 2. The van der Waals surface area contributed by atoms with Crippen molar-refractivity contribution in [3.8, 4) is 0 Å². The third kappa shape index (κ3) is 10.7. The molecule has 1 aromatic heterocycles. The Kier molecular flexibility index (Phi) is 11.0. The number of aliphatic carboxylic acids is 2. The quantitative estimate of drug-likeness (QED) is 0.126. The minimum Gasteiger partial charge on any atom is -0.481 e. The van der Waals surface area contributed by atoms with E-state index in [0.717, 1.165) is 0 Å². The number of aromatic amines is 1. The molecule has 0 spiro atoms. The number of primary amides is 1. The molecule has 0 aliphatic carbocycles. The largest absolute Gasteiger partial charge is 0.481 e. The van der Waals surface area contributed by atoms with E-state index in [1.165, 1.54) is 12.5 Å². The summed E-state index contributed by atoms with van der Waals surface area (Å²) in [4.78, 5) is 76.7. The van der Waals surface area contributed by atoms with E-state index in [-0.39, 0.29) is 25.7 Å². The van der Waals surface area contributed by atoms with Crippen LogP contribution in [0.1, 0.15) is 31.4 Å². The Morgan fingerprint density at radius 3 is 2.09 bits per heavy atom. The second kappa shape index (κ2) is 13.4. The minimum atomic E-state index is -1.37. The molecule has 0 aliphatic rings. The van der Waals surface area contributed by atoms with Crippen LogP contribution in [0.4, 0.5) is 0 Å². The number of carbonyl (C=O) groups excluding carboxylic acids is 4. The maximum Gasteiger partial charge on any atom is 0.322 e. The van der Waals surface area contributed by atoms with Crippen LogP contribution in [0.25, 0.3) is 0 Å². The third-order valence-corrected chi connectivity index (χ3v) is 4.34. The molecule has 3 atom stereocenters. The van der Waals surface area contributed by atoms with Gasteiger partial charge < -0.3 is 42.6 Å². The van der Waals surface area contributed by atoms with Crippen molar-refractivity contribution in [2.24, 2.45) is 11.5 Å². The smallest absolute Gasteiger partial charge is 0.322 e. The fraction of sp³-hybridized carbons (Fsp3) is 0.500. The van der Waals surface area contributed by atoms with E-state index in [4.69, 9.17) is 21.7 Å². The molecule has 3 unspecified atom stereocenters. The molecular formula is C18H27N7O8. The molecule has 0 radical (unpaired) electrons. The van der Waals surface area contributed by atoms with E-state index in [2.05, 4.69) is 25.9 Å². The van der Waals surface area contributed by atoms with Crippen molar-refractivity contribution < 1.29 is 39.0 Å². The Balaban J connectivity index is 2.89. The van der Waals surface area contributed by atoms with Gasteiger partial charge in [-0.3, -0.25) is 28.8 Å². The zero-order valence-corrected chi connectivity index (χ0v) is 17.6. The van der Waals surface area contributed by atoms with Crippen molar-refractivity contribution in [2.45, 2.75) is 50.2 Å². The van der Waals surface area contributed by atoms with Crippen LogP contribution in [0, 0.1) is 0 Å². The van der Waals surface area contributed by atoms with E-state index >= 15 is 0 Å². The lowest BCUT2D eigenvalue weighted by Crippen LogP contribution is -2.56. The molecule has 0 bridgehead atoms. The van der Waals surface area contributed by atoms with Crippen molar-refractivity contribution in [1.29, 1.82) is 0 Å². The van der Waals surface area contributed by atoms with Gasteiger partial charge in [-0.2, -0.15) is 0 Å². The Hall–Kier alpha value is -4.01. The summed E-state index contributed by atoms with van der Waals surface area (Å²) in [6.07, 6.45) is 1.58. The molecule has 10 N–H and O–H groups in total. The molecule has 15 heteroatoms. The van der Waals surface area contributed by atoms with Gasteiger partial charge in [0.05, 0.1) is 12.4 Å². The lowest BCUT2D eigenvalue weighted by molar-refractivity contribution is -0.139. The summed E-state index contributed by atoms with van der Waals surface area (Å²) in [7, 11) is 0. The van der Waals surface area contributed by atoms with E-state index in [1.54, 1.807) is 0 Å². The highest BCUT2D eigenvalue weighted by Gasteiger charge is 2.29. The second-order valence-corrected chi connectivity index (χ2v) is 7.06. The number of H-pyrrole nitrogens is 1. The molecule has 1 rings (SSSR count). The summed E-state index contributed by atoms with van der Waals surface area (Å²) in [5.41, 5.74) is 11.5. The summed E-state index contributed by atoms with van der Waals surface area (Å²) < 4.78 is 0. The average molecular weight is 469 g/mol. The molecule has 15 nitrogen and oxygen atoms in total. The minimum absolute atomic E-state index is 0.0674. The zero-order valence-electron chi connectivity index (χ0n) is 17.6. The van der Waals surface area contributed by atoms with Gasteiger partial charge in [0.2, 0.25) is 23.6 Å². The van der Waals surface area contributed by atoms with Gasteiger partial charge in [0.15, 0.2) is 0 Å². The fourth-order valence-corrected chi connectivity index (χ4v) is 2.65. The van der Waals surface area contributed by atoms with Crippen molar-refractivity contribution in [3.05, 3.63) is 18.2 Å². The summed E-state index contributed by atoms with van der Waals surface area (Å²) in [6.45, 7) is -0.733. The highest BCUT2D eigenvalue weighted by Crippen LogP contribution is 2.04. The molecule has 182 valence electrons. The Labute approximate surface area is 187 Å². The number of carboxylic acids is 2. The Morgan fingerprint density at radius 1 is 0.939 bits per heavy atom. The average Bonchev–Trinajstić information content (AvgIpc) is 3.24. The highest BCUT2D eigenvalue weighted by atomic mass is 16.4. The number of carbonyl (C=O) groups is 6. The number of rotatable bonds is 15. The van der Waals surface area contributed by atoms with Crippen LogP contribution in [-0.4, -0.2) is 80.4 Å². The maximum atomic E-state index is 12.7. The summed E-state index contributed by atoms with van der Waals surface area (Å²) in [5, 5.41) is 24.4. The van der Waals surface area contributed by atoms with E-state index in [1.807, 2.05) is 0 Å². The number of amides is 4. The van der Waals surface area contributed by atoms with Gasteiger partial charge in [0.25, 0.3) is 0 Å². The molecule has 1 aromatic rings. The van der Waals surface area contributed by atoms with Gasteiger partial charge in [-0.05, 0) is 12.8 Å². The number of nitrogens with one attached hydrogen (secondary N) is 4. The lowest BCUT2D eigenvalue weighted by Gasteiger charge is -2.23. The first-order valence-electron chi connectivity index (χ1n) is 9.82. The van der Waals surface area contributed by atoms with E-state index in [0.29, 0.717) is 5.69 Å². The summed E-state index contributed by atoms with van der Waals surface area (Å²) in [6, 6.07) is -3.81. The number of aromatic nitrogens is 2. The predicted molar refractivity (Wildman–Crippen MR) is 110 cm³/mol. The SMILES string of the molecule is NC(=O)CCC(NC(=O)C(CCC(=O)O)NC(=O)C(N)Cc1cnc[nH]1)C(=O)NCC(=O)O. The van der Waals surface area contributed by atoms with Crippen LogP contribution >= 0.6 is 0 Å². The summed E-state index contributed by atoms with van der Waals surface area (Å²) in [5.74, 6) is -5.89. The van der Waals surface area contributed by atoms with Gasteiger partial charge in [-0.1, -0.05) is 0 Å². The van der Waals surface area contributed by atoms with Crippen molar-refractivity contribution in [3.63, 3.8) is 0 Å². The van der Waals surface area contributed by atoms with Crippen LogP contribution in [-0.2, 0) is 35.2 Å². The first-order chi connectivity index (χ1) is 15.5. The van der Waals surface area contributed by atoms with Crippen LogP contribution in [0.2, 0.25) is 0 Å². The summed E-state index contributed by atoms with van der Waals surface area (Å²) >= 11 is 0. The molecule has 33 heavy (non-hydrogen) atoms. The van der Waals surface area contributed by atoms with Gasteiger partial charge in [-0.15, -0.1) is 0 Å². The van der Waals surface area contributed by atoms with Crippen LogP contribution in [0.3, 0.4) is 0 Å². The first kappa shape index (κ1) is 27.0. The molecule has 0 saturated carbocycles. The van der Waals surface area contributed by atoms with Crippen LogP contribution in [0.15, 0.2) is 12.5 Å². The Bertz CT molecular complexity index is 858. The maximum absolute atomic E-state index is 12.7. The number of hydrogen-bond donors (Lipinski definition) is 8. The third-order valence-electron chi connectivity index (χ3n) is 4.34. The second-order valence-electron chi connectivity index (χ2n) is 7.06. The molecule has 4 amide bonds. The topological polar surface area (TPSA) is 260 Å². The first-order valence-corrected chi connectivity index (χ1v) is 9.82. The van der Waals surface area contributed by atoms with E-state index in [9.17, 15) is 28.8 Å². The monoisotopic (exact) mass is 469 g/mol. The van der Waals surface area contributed by atoms with Crippen molar-refractivity contribution in [2.75, 3.05) is 6.54 Å². The van der Waals surface area contributed by atoms with Crippen molar-refractivity contribution in [1.82, 2.24) is 25.9 Å². The number of nitrogens with two attached hydrogens (primary N) is 2. The fourth-order valence-electron chi connectivity index (χ4n) is 2.65. The normalized spacial score (nSPS) is 13.2. The molecule has 1 heterocycles. The zero-order chi connectivity index (χ0) is 25.0. The Morgan fingerprint density at radius 2 is 1.55 bits per heavy atom. The highest BCUT2D eigenvalue weighted by molar-refractivity contribution is 5.94. The molecule has 0 aromatic carbocycles. The van der Waals surface area contributed by atoms with Gasteiger partial charge in [0.1, 0.15) is 18.6 Å². The molecule has 0 fully saturated rings. The van der Waals surface area contributed by atoms with Crippen LogP contribution < -0.4 is 27.4 Å². The van der Waals surface area contributed by atoms with Crippen LogP contribution in [0.5, 0.6) is 0 Å². The number of imidazole rings is 1. The van der Waals surface area contributed by atoms with Crippen molar-refractivity contribution >= 4 is 35.6 Å². The molecular weight excluding hydrogens is 442 g/mol. The molecule has 0 saturated heterocycles.